The first-order chi connectivity index (χ1) is 14.9. The van der Waals surface area contributed by atoms with Gasteiger partial charge in [0.2, 0.25) is 5.91 Å². The maximum absolute atomic E-state index is 13.3. The highest BCUT2D eigenvalue weighted by Crippen LogP contribution is 2.35. The number of thiazole rings is 1. The molecular weight excluding hydrogens is 435 g/mol. The SMILES string of the molecule is CC[C@H](C(=O)NCCN(C)C)N(c1ccc(Cl)cc1)c1nc(-c2ccc(F)cc2)cs1. The number of nitrogens with zero attached hydrogens (tertiary/aromatic N) is 3. The lowest BCUT2D eigenvalue weighted by Gasteiger charge is -2.30. The van der Waals surface area contributed by atoms with Gasteiger partial charge in [0.25, 0.3) is 0 Å². The Hall–Kier alpha value is -2.48. The number of carbonyl (C=O) groups is 1. The Balaban J connectivity index is 1.93. The van der Waals surface area contributed by atoms with Gasteiger partial charge in [-0.1, -0.05) is 18.5 Å². The van der Waals surface area contributed by atoms with E-state index in [1.807, 2.05) is 48.3 Å². The van der Waals surface area contributed by atoms with Gasteiger partial charge in [-0.3, -0.25) is 4.79 Å². The summed E-state index contributed by atoms with van der Waals surface area (Å²) in [6.07, 6.45) is 0.599. The summed E-state index contributed by atoms with van der Waals surface area (Å²) < 4.78 is 13.3. The number of nitrogens with one attached hydrogen (secondary N) is 1. The third kappa shape index (κ3) is 6.03. The summed E-state index contributed by atoms with van der Waals surface area (Å²) in [7, 11) is 3.94. The van der Waals surface area contributed by atoms with Gasteiger partial charge in [-0.2, -0.15) is 0 Å². The van der Waals surface area contributed by atoms with E-state index in [1.165, 1.54) is 23.5 Å². The maximum atomic E-state index is 13.3. The summed E-state index contributed by atoms with van der Waals surface area (Å²) in [6.45, 7) is 3.30. The van der Waals surface area contributed by atoms with Crippen molar-refractivity contribution in [2.24, 2.45) is 0 Å². The molecule has 0 spiro atoms. The molecule has 31 heavy (non-hydrogen) atoms. The van der Waals surface area contributed by atoms with Crippen LogP contribution < -0.4 is 10.2 Å². The largest absolute Gasteiger partial charge is 0.353 e. The summed E-state index contributed by atoms with van der Waals surface area (Å²) >= 11 is 7.53. The zero-order valence-electron chi connectivity index (χ0n) is 17.8. The fourth-order valence-corrected chi connectivity index (χ4v) is 4.19. The zero-order valence-corrected chi connectivity index (χ0v) is 19.4. The van der Waals surface area contributed by atoms with Gasteiger partial charge < -0.3 is 15.1 Å². The Labute approximate surface area is 191 Å². The highest BCUT2D eigenvalue weighted by Gasteiger charge is 2.28. The van der Waals surface area contributed by atoms with E-state index in [1.54, 1.807) is 24.3 Å². The smallest absolute Gasteiger partial charge is 0.243 e. The highest BCUT2D eigenvalue weighted by atomic mass is 35.5. The second-order valence-corrected chi connectivity index (χ2v) is 8.66. The van der Waals surface area contributed by atoms with Crippen LogP contribution in [0.3, 0.4) is 0 Å². The molecule has 3 rings (SSSR count). The van der Waals surface area contributed by atoms with Gasteiger partial charge in [0.1, 0.15) is 11.9 Å². The number of benzene rings is 2. The van der Waals surface area contributed by atoms with Crippen LogP contribution in [0.2, 0.25) is 5.02 Å². The van der Waals surface area contributed by atoms with Crippen molar-refractivity contribution in [1.29, 1.82) is 0 Å². The summed E-state index contributed by atoms with van der Waals surface area (Å²) in [6, 6.07) is 13.2. The van der Waals surface area contributed by atoms with Crippen molar-refractivity contribution in [3.63, 3.8) is 0 Å². The minimum absolute atomic E-state index is 0.0576. The molecule has 1 atom stereocenters. The monoisotopic (exact) mass is 460 g/mol. The normalized spacial score (nSPS) is 12.1. The van der Waals surface area contributed by atoms with Crippen LogP contribution >= 0.6 is 22.9 Å². The molecule has 1 N–H and O–H groups in total. The number of hydrogen-bond donors (Lipinski definition) is 1. The molecule has 0 fully saturated rings. The molecule has 0 saturated heterocycles. The number of carbonyl (C=O) groups excluding carboxylic acids is 1. The number of aromatic nitrogens is 1. The second-order valence-electron chi connectivity index (χ2n) is 7.39. The molecule has 1 aromatic heterocycles. The van der Waals surface area contributed by atoms with Crippen molar-refractivity contribution in [2.75, 3.05) is 32.1 Å². The molecule has 1 amide bonds. The van der Waals surface area contributed by atoms with Crippen molar-refractivity contribution in [3.8, 4) is 11.3 Å². The lowest BCUT2D eigenvalue weighted by Crippen LogP contribution is -2.46. The van der Waals surface area contributed by atoms with E-state index in [0.29, 0.717) is 23.1 Å². The van der Waals surface area contributed by atoms with Crippen molar-refractivity contribution < 1.29 is 9.18 Å². The molecular formula is C23H26ClFN4OS. The molecule has 2 aromatic carbocycles. The van der Waals surface area contributed by atoms with Crippen LogP contribution in [0.25, 0.3) is 11.3 Å². The van der Waals surface area contributed by atoms with E-state index in [9.17, 15) is 9.18 Å². The average Bonchev–Trinajstić information content (AvgIpc) is 3.22. The zero-order chi connectivity index (χ0) is 22.4. The van der Waals surface area contributed by atoms with Crippen molar-refractivity contribution in [2.45, 2.75) is 19.4 Å². The molecule has 1 heterocycles. The standard InChI is InChI=1S/C23H26ClFN4OS/c1-4-21(22(30)26-13-14-28(2)3)29(19-11-7-17(24)8-12-19)23-27-20(15-31-23)16-5-9-18(25)10-6-16/h5-12,15,21H,4,13-14H2,1-3H3,(H,26,30)/t21-/m1/s1. The van der Waals surface area contributed by atoms with Gasteiger partial charge in [0.15, 0.2) is 5.13 Å². The number of likely N-dealkylation sites (N-methyl/N-ethyl adjacent to an activating group) is 1. The van der Waals surface area contributed by atoms with Crippen LogP contribution in [0.5, 0.6) is 0 Å². The lowest BCUT2D eigenvalue weighted by atomic mass is 10.1. The molecule has 0 unspecified atom stereocenters. The van der Waals surface area contributed by atoms with Gasteiger partial charge in [-0.25, -0.2) is 9.37 Å². The lowest BCUT2D eigenvalue weighted by molar-refractivity contribution is -0.122. The van der Waals surface area contributed by atoms with Gasteiger partial charge in [-0.05, 0) is 69.0 Å². The summed E-state index contributed by atoms with van der Waals surface area (Å²) in [4.78, 5) is 21.8. The predicted molar refractivity (Wildman–Crippen MR) is 127 cm³/mol. The molecule has 5 nitrogen and oxygen atoms in total. The molecule has 0 aliphatic rings. The summed E-state index contributed by atoms with van der Waals surface area (Å²) in [5.74, 6) is -0.347. The van der Waals surface area contributed by atoms with Crippen LogP contribution in [-0.2, 0) is 4.79 Å². The number of hydrogen-bond acceptors (Lipinski definition) is 5. The number of amides is 1. The molecule has 164 valence electrons. The van der Waals surface area contributed by atoms with Crippen LogP contribution in [-0.4, -0.2) is 49.0 Å². The topological polar surface area (TPSA) is 48.5 Å². The number of rotatable bonds is 9. The van der Waals surface area contributed by atoms with Crippen LogP contribution in [0, 0.1) is 5.82 Å². The van der Waals surface area contributed by atoms with E-state index in [-0.39, 0.29) is 11.7 Å². The average molecular weight is 461 g/mol. The minimum atomic E-state index is -0.435. The fraction of sp³-hybridized carbons (Fsp3) is 0.304. The van der Waals surface area contributed by atoms with E-state index in [0.717, 1.165) is 23.5 Å². The Morgan fingerprint density at radius 2 is 1.84 bits per heavy atom. The van der Waals surface area contributed by atoms with E-state index in [4.69, 9.17) is 16.6 Å². The molecule has 0 radical (unpaired) electrons. The summed E-state index contributed by atoms with van der Waals surface area (Å²) in [5, 5.41) is 6.26. The molecule has 0 saturated carbocycles. The molecule has 0 bridgehead atoms. The van der Waals surface area contributed by atoms with E-state index >= 15 is 0 Å². The first kappa shape index (κ1) is 23.2. The van der Waals surface area contributed by atoms with E-state index in [2.05, 4.69) is 5.32 Å². The molecule has 8 heteroatoms. The van der Waals surface area contributed by atoms with Crippen LogP contribution in [0.15, 0.2) is 53.9 Å². The third-order valence-corrected chi connectivity index (χ3v) is 5.89. The van der Waals surface area contributed by atoms with Crippen LogP contribution in [0.1, 0.15) is 13.3 Å². The quantitative estimate of drug-likeness (QED) is 0.477. The maximum Gasteiger partial charge on any atom is 0.243 e. The Morgan fingerprint density at radius 1 is 1.16 bits per heavy atom. The van der Waals surface area contributed by atoms with Gasteiger partial charge in [0, 0.05) is 34.7 Å². The van der Waals surface area contributed by atoms with Gasteiger partial charge in [-0.15, -0.1) is 11.3 Å². The number of anilines is 2. The predicted octanol–water partition coefficient (Wildman–Crippen LogP) is 5.20. The second kappa shape index (κ2) is 10.7. The van der Waals surface area contributed by atoms with Crippen molar-refractivity contribution in [3.05, 3.63) is 64.8 Å². The first-order valence-corrected chi connectivity index (χ1v) is 11.3. The van der Waals surface area contributed by atoms with E-state index < -0.39 is 6.04 Å². The minimum Gasteiger partial charge on any atom is -0.353 e. The van der Waals surface area contributed by atoms with Gasteiger partial charge in [0.05, 0.1) is 5.69 Å². The fourth-order valence-electron chi connectivity index (χ4n) is 3.16. The van der Waals surface area contributed by atoms with Gasteiger partial charge >= 0.3 is 0 Å². The Morgan fingerprint density at radius 3 is 2.45 bits per heavy atom. The number of halogens is 2. The van der Waals surface area contributed by atoms with Crippen LogP contribution in [0.4, 0.5) is 15.2 Å². The van der Waals surface area contributed by atoms with Crippen molar-refractivity contribution >= 4 is 39.7 Å². The summed E-state index contributed by atoms with van der Waals surface area (Å²) in [5.41, 5.74) is 2.39. The highest BCUT2D eigenvalue weighted by molar-refractivity contribution is 7.14. The third-order valence-electron chi connectivity index (χ3n) is 4.80. The molecule has 0 aliphatic heterocycles. The Bertz CT molecular complexity index is 992. The molecule has 3 aromatic rings. The Kier molecular flexibility index (Phi) is 8.01. The molecule has 0 aliphatic carbocycles. The van der Waals surface area contributed by atoms with Crippen molar-refractivity contribution in [1.82, 2.24) is 15.2 Å². The first-order valence-electron chi connectivity index (χ1n) is 10.1.